The van der Waals surface area contributed by atoms with Crippen LogP contribution in [0, 0.1) is 0 Å². The Bertz CT molecular complexity index is 971. The van der Waals surface area contributed by atoms with Crippen LogP contribution in [0.4, 0.5) is 0 Å². The number of carbonyl (C=O) groups excluding carboxylic acids is 1. The summed E-state index contributed by atoms with van der Waals surface area (Å²) in [4.78, 5) is 17.1. The predicted molar refractivity (Wildman–Crippen MR) is 116 cm³/mol. The Morgan fingerprint density at radius 3 is 2.40 bits per heavy atom. The predicted octanol–water partition coefficient (Wildman–Crippen LogP) is 5.65. The first-order chi connectivity index (χ1) is 14.7. The number of benzene rings is 2. The molecule has 1 N–H and O–H groups in total. The van der Waals surface area contributed by atoms with Gasteiger partial charge in [0.05, 0.1) is 10.6 Å². The zero-order valence-corrected chi connectivity index (χ0v) is 17.2. The van der Waals surface area contributed by atoms with Crippen LogP contribution in [0.2, 0.25) is 5.02 Å². The Hall–Kier alpha value is -3.05. The number of aromatic nitrogens is 1. The van der Waals surface area contributed by atoms with Gasteiger partial charge in [-0.25, -0.2) is 4.98 Å². The van der Waals surface area contributed by atoms with Gasteiger partial charge in [-0.15, -0.1) is 0 Å². The van der Waals surface area contributed by atoms with Gasteiger partial charge in [-0.2, -0.15) is 0 Å². The van der Waals surface area contributed by atoms with Crippen LogP contribution in [-0.4, -0.2) is 23.0 Å². The molecule has 1 heterocycles. The molecule has 0 aliphatic heterocycles. The number of hydrogen-bond acceptors (Lipinski definition) is 4. The maximum absolute atomic E-state index is 12.9. The van der Waals surface area contributed by atoms with Gasteiger partial charge >= 0.3 is 0 Å². The van der Waals surface area contributed by atoms with Crippen molar-refractivity contribution in [2.75, 3.05) is 0 Å². The van der Waals surface area contributed by atoms with E-state index in [9.17, 15) is 4.79 Å². The molecule has 0 atom stereocenters. The van der Waals surface area contributed by atoms with E-state index in [1.807, 2.05) is 48.5 Å². The number of nitrogens with zero attached hydrogens (tertiary/aromatic N) is 1. The maximum atomic E-state index is 12.9. The van der Waals surface area contributed by atoms with Crippen molar-refractivity contribution in [2.24, 2.45) is 0 Å². The number of amides is 1. The molecule has 0 unspecified atom stereocenters. The third kappa shape index (κ3) is 5.30. The van der Waals surface area contributed by atoms with Crippen molar-refractivity contribution >= 4 is 17.5 Å². The Balaban J connectivity index is 1.32. The highest BCUT2D eigenvalue weighted by Gasteiger charge is 2.25. The van der Waals surface area contributed by atoms with Gasteiger partial charge in [-0.1, -0.05) is 41.9 Å². The fourth-order valence-electron chi connectivity index (χ4n) is 3.55. The van der Waals surface area contributed by atoms with Crippen molar-refractivity contribution in [3.05, 3.63) is 83.5 Å². The summed E-state index contributed by atoms with van der Waals surface area (Å²) in [5.74, 6) is 1.71. The third-order valence-corrected chi connectivity index (χ3v) is 5.32. The molecule has 0 saturated heterocycles. The summed E-state index contributed by atoms with van der Waals surface area (Å²) < 4.78 is 11.8. The Morgan fingerprint density at radius 1 is 0.933 bits per heavy atom. The largest absolute Gasteiger partial charge is 0.474 e. The lowest BCUT2D eigenvalue weighted by Gasteiger charge is -2.29. The van der Waals surface area contributed by atoms with Crippen molar-refractivity contribution in [3.8, 4) is 17.4 Å². The van der Waals surface area contributed by atoms with E-state index >= 15 is 0 Å². The van der Waals surface area contributed by atoms with Gasteiger partial charge < -0.3 is 14.8 Å². The smallest absolute Gasteiger partial charge is 0.255 e. The van der Waals surface area contributed by atoms with Gasteiger partial charge in [0.25, 0.3) is 5.91 Å². The van der Waals surface area contributed by atoms with Gasteiger partial charge in [-0.05, 0) is 56.0 Å². The molecular formula is C24H23ClN2O3. The third-order valence-electron chi connectivity index (χ3n) is 5.10. The maximum Gasteiger partial charge on any atom is 0.255 e. The van der Waals surface area contributed by atoms with E-state index in [0.717, 1.165) is 25.7 Å². The second-order valence-electron chi connectivity index (χ2n) is 7.29. The van der Waals surface area contributed by atoms with Gasteiger partial charge in [0.2, 0.25) is 5.88 Å². The number of halogens is 1. The van der Waals surface area contributed by atoms with Crippen molar-refractivity contribution in [3.63, 3.8) is 0 Å². The van der Waals surface area contributed by atoms with Crippen molar-refractivity contribution < 1.29 is 14.3 Å². The molecule has 0 spiro atoms. The van der Waals surface area contributed by atoms with Crippen LogP contribution in [0.15, 0.2) is 72.9 Å². The zero-order chi connectivity index (χ0) is 20.8. The van der Waals surface area contributed by atoms with E-state index in [-0.39, 0.29) is 18.1 Å². The molecule has 0 bridgehead atoms. The molecule has 0 radical (unpaired) electrons. The SMILES string of the molecule is O=C(NC1CCC(Oc2ccc(Cl)cn2)CC1)c1ccccc1Oc1ccccc1. The first kappa shape index (κ1) is 20.2. The molecule has 1 amide bonds. The number of nitrogens with one attached hydrogen (secondary N) is 1. The number of ether oxygens (including phenoxy) is 2. The normalized spacial score (nSPS) is 18.4. The van der Waals surface area contributed by atoms with Crippen LogP contribution in [0.1, 0.15) is 36.0 Å². The average Bonchev–Trinajstić information content (AvgIpc) is 2.78. The molecule has 1 fully saturated rings. The van der Waals surface area contributed by atoms with E-state index in [0.29, 0.717) is 28.0 Å². The molecule has 5 nitrogen and oxygen atoms in total. The lowest BCUT2D eigenvalue weighted by Crippen LogP contribution is -2.39. The van der Waals surface area contributed by atoms with Crippen LogP contribution in [-0.2, 0) is 0 Å². The van der Waals surface area contributed by atoms with Crippen molar-refractivity contribution in [1.29, 1.82) is 0 Å². The van der Waals surface area contributed by atoms with E-state index < -0.39 is 0 Å². The van der Waals surface area contributed by atoms with Gasteiger partial charge in [-0.3, -0.25) is 4.79 Å². The van der Waals surface area contributed by atoms with Crippen molar-refractivity contribution in [1.82, 2.24) is 10.3 Å². The first-order valence-corrected chi connectivity index (χ1v) is 10.5. The number of pyridine rings is 1. The second kappa shape index (κ2) is 9.63. The average molecular weight is 423 g/mol. The summed E-state index contributed by atoms with van der Waals surface area (Å²) in [5, 5.41) is 3.73. The Morgan fingerprint density at radius 2 is 1.67 bits per heavy atom. The number of hydrogen-bond donors (Lipinski definition) is 1. The van der Waals surface area contributed by atoms with Crippen LogP contribution in [0.5, 0.6) is 17.4 Å². The summed E-state index contributed by atoms with van der Waals surface area (Å²) in [5.41, 5.74) is 0.532. The fraction of sp³-hybridized carbons (Fsp3) is 0.250. The lowest BCUT2D eigenvalue weighted by molar-refractivity contribution is 0.0888. The minimum Gasteiger partial charge on any atom is -0.474 e. The van der Waals surface area contributed by atoms with Gasteiger partial charge in [0.15, 0.2) is 0 Å². The topological polar surface area (TPSA) is 60.5 Å². The van der Waals surface area contributed by atoms with Crippen LogP contribution in [0.3, 0.4) is 0 Å². The highest BCUT2D eigenvalue weighted by Crippen LogP contribution is 2.27. The molecule has 6 heteroatoms. The summed E-state index contributed by atoms with van der Waals surface area (Å²) in [6, 6.07) is 20.4. The molecule has 2 aromatic carbocycles. The highest BCUT2D eigenvalue weighted by atomic mass is 35.5. The minimum absolute atomic E-state index is 0.0977. The second-order valence-corrected chi connectivity index (χ2v) is 7.73. The van der Waals surface area contributed by atoms with E-state index in [4.69, 9.17) is 21.1 Å². The van der Waals surface area contributed by atoms with Crippen LogP contribution < -0.4 is 14.8 Å². The number of rotatable bonds is 6. The van der Waals surface area contributed by atoms with Crippen LogP contribution in [0.25, 0.3) is 0 Å². The monoisotopic (exact) mass is 422 g/mol. The summed E-state index contributed by atoms with van der Waals surface area (Å²) in [6.07, 6.45) is 5.10. The molecule has 1 aliphatic carbocycles. The Labute approximate surface area is 181 Å². The number of para-hydroxylation sites is 2. The van der Waals surface area contributed by atoms with E-state index in [1.165, 1.54) is 0 Å². The molecule has 154 valence electrons. The molecule has 30 heavy (non-hydrogen) atoms. The van der Waals surface area contributed by atoms with Gasteiger partial charge in [0.1, 0.15) is 17.6 Å². The lowest BCUT2D eigenvalue weighted by atomic mass is 9.92. The Kier molecular flexibility index (Phi) is 6.50. The quantitative estimate of drug-likeness (QED) is 0.557. The van der Waals surface area contributed by atoms with E-state index in [1.54, 1.807) is 24.4 Å². The first-order valence-electron chi connectivity index (χ1n) is 10.1. The van der Waals surface area contributed by atoms with Crippen LogP contribution >= 0.6 is 11.6 Å². The molecule has 1 aromatic heterocycles. The van der Waals surface area contributed by atoms with E-state index in [2.05, 4.69) is 10.3 Å². The fourth-order valence-corrected chi connectivity index (χ4v) is 3.66. The summed E-state index contributed by atoms with van der Waals surface area (Å²) >= 11 is 5.86. The summed E-state index contributed by atoms with van der Waals surface area (Å²) in [6.45, 7) is 0. The van der Waals surface area contributed by atoms with Crippen molar-refractivity contribution in [2.45, 2.75) is 37.8 Å². The number of carbonyl (C=O) groups is 1. The molecule has 3 aromatic rings. The molecule has 1 saturated carbocycles. The molecule has 1 aliphatic rings. The van der Waals surface area contributed by atoms with Gasteiger partial charge in [0, 0.05) is 18.3 Å². The molecule has 4 rings (SSSR count). The highest BCUT2D eigenvalue weighted by molar-refractivity contribution is 6.30. The zero-order valence-electron chi connectivity index (χ0n) is 16.5. The minimum atomic E-state index is -0.120. The standard InChI is InChI=1S/C24H23ClN2O3/c25-17-10-15-23(26-16-17)30-20-13-11-18(12-14-20)27-24(28)21-8-4-5-9-22(21)29-19-6-2-1-3-7-19/h1-10,15-16,18,20H,11-14H2,(H,27,28). The summed E-state index contributed by atoms with van der Waals surface area (Å²) in [7, 11) is 0. The molecular weight excluding hydrogens is 400 g/mol.